The number of aliphatic hydroxyl groups excluding tert-OH is 1. The molecule has 1 aliphatic carbocycles. The zero-order chi connectivity index (χ0) is 22.5. The van der Waals surface area contributed by atoms with Crippen molar-refractivity contribution >= 4 is 5.69 Å². The molecule has 1 aliphatic rings. The van der Waals surface area contributed by atoms with Gasteiger partial charge in [-0.05, 0) is 41.2 Å². The Morgan fingerprint density at radius 1 is 0.969 bits per heavy atom. The minimum absolute atomic E-state index is 0.0641. The molecule has 168 valence electrons. The zero-order valence-electron chi connectivity index (χ0n) is 19.3. The van der Waals surface area contributed by atoms with Crippen LogP contribution in [-0.2, 0) is 19.6 Å². The minimum Gasteiger partial charge on any atom is -0.487 e. The monoisotopic (exact) mass is 430 g/mol. The van der Waals surface area contributed by atoms with Crippen LogP contribution in [0, 0.1) is 0 Å². The first-order valence-corrected chi connectivity index (χ1v) is 11.5. The number of hydrogen-bond donors (Lipinski definition) is 2. The Kier molecular flexibility index (Phi) is 7.13. The van der Waals surface area contributed by atoms with Gasteiger partial charge >= 0.3 is 0 Å². The third kappa shape index (κ3) is 5.14. The molecule has 2 unspecified atom stereocenters. The second-order valence-electron chi connectivity index (χ2n) is 9.00. The fourth-order valence-corrected chi connectivity index (χ4v) is 4.62. The first-order valence-electron chi connectivity index (χ1n) is 11.5. The summed E-state index contributed by atoms with van der Waals surface area (Å²) in [6, 6.07) is 25.2. The van der Waals surface area contributed by atoms with Crippen molar-refractivity contribution in [2.45, 2.75) is 58.0 Å². The molecule has 2 atom stereocenters. The lowest BCUT2D eigenvalue weighted by molar-refractivity contribution is 0.106. The van der Waals surface area contributed by atoms with E-state index >= 15 is 0 Å². The maximum absolute atomic E-state index is 10.7. The number of anilines is 1. The fourth-order valence-electron chi connectivity index (χ4n) is 4.62. The number of rotatable bonds is 8. The number of nitrogens with zero attached hydrogens (tertiary/aromatic N) is 1. The second-order valence-corrected chi connectivity index (χ2v) is 9.00. The normalized spacial score (nSPS) is 17.8. The van der Waals surface area contributed by atoms with Crippen LogP contribution in [0.15, 0.2) is 72.8 Å². The van der Waals surface area contributed by atoms with Crippen molar-refractivity contribution in [3.8, 4) is 5.75 Å². The van der Waals surface area contributed by atoms with Crippen LogP contribution < -0.4 is 15.0 Å². The van der Waals surface area contributed by atoms with Crippen molar-refractivity contribution in [2.75, 3.05) is 11.9 Å². The maximum Gasteiger partial charge on any atom is 0.143 e. The van der Waals surface area contributed by atoms with Crippen LogP contribution in [0.4, 0.5) is 5.69 Å². The van der Waals surface area contributed by atoms with E-state index in [-0.39, 0.29) is 12.1 Å². The standard InChI is InChI=1S/C28H34N2O2/c1-20(2)29-27-23-15-17-26(32-19-22-12-8-5-9-13-22)28(24(23)14-16-25(27)31)30(3)18-21-10-6-4-7-11-21/h4-13,15,17,20,25,27,29,31H,14,16,18-19H2,1-3H3. The summed E-state index contributed by atoms with van der Waals surface area (Å²) in [4.78, 5) is 2.29. The highest BCUT2D eigenvalue weighted by Crippen LogP contribution is 2.42. The summed E-state index contributed by atoms with van der Waals surface area (Å²) in [6.07, 6.45) is 1.20. The molecule has 0 bridgehead atoms. The van der Waals surface area contributed by atoms with E-state index in [9.17, 15) is 5.11 Å². The average molecular weight is 431 g/mol. The van der Waals surface area contributed by atoms with Gasteiger partial charge in [0.15, 0.2) is 0 Å². The third-order valence-corrected chi connectivity index (χ3v) is 6.09. The quantitative estimate of drug-likeness (QED) is 0.512. The summed E-state index contributed by atoms with van der Waals surface area (Å²) in [5.74, 6) is 0.894. The molecule has 32 heavy (non-hydrogen) atoms. The smallest absolute Gasteiger partial charge is 0.143 e. The third-order valence-electron chi connectivity index (χ3n) is 6.09. The van der Waals surface area contributed by atoms with Gasteiger partial charge in [-0.1, -0.05) is 80.6 Å². The predicted molar refractivity (Wildman–Crippen MR) is 131 cm³/mol. The van der Waals surface area contributed by atoms with Gasteiger partial charge < -0.3 is 20.1 Å². The summed E-state index contributed by atoms with van der Waals surface area (Å²) >= 11 is 0. The van der Waals surface area contributed by atoms with Gasteiger partial charge in [-0.25, -0.2) is 0 Å². The largest absolute Gasteiger partial charge is 0.487 e. The van der Waals surface area contributed by atoms with Crippen molar-refractivity contribution in [3.63, 3.8) is 0 Å². The van der Waals surface area contributed by atoms with Gasteiger partial charge in [-0.2, -0.15) is 0 Å². The average Bonchev–Trinajstić information content (AvgIpc) is 2.80. The van der Waals surface area contributed by atoms with Crippen molar-refractivity contribution < 1.29 is 9.84 Å². The van der Waals surface area contributed by atoms with Gasteiger partial charge in [-0.3, -0.25) is 0 Å². The molecule has 3 aromatic carbocycles. The van der Waals surface area contributed by atoms with Crippen LogP contribution in [0.2, 0.25) is 0 Å². The van der Waals surface area contributed by atoms with Gasteiger partial charge in [0.25, 0.3) is 0 Å². The van der Waals surface area contributed by atoms with Crippen LogP contribution in [-0.4, -0.2) is 24.3 Å². The van der Waals surface area contributed by atoms with Crippen LogP contribution in [0.3, 0.4) is 0 Å². The van der Waals surface area contributed by atoms with Crippen molar-refractivity contribution in [1.29, 1.82) is 0 Å². The lowest BCUT2D eigenvalue weighted by Crippen LogP contribution is -2.39. The van der Waals surface area contributed by atoms with Gasteiger partial charge in [0, 0.05) is 19.6 Å². The SMILES string of the molecule is CC(C)NC1c2ccc(OCc3ccccc3)c(N(C)Cc3ccccc3)c2CCC1O. The Morgan fingerprint density at radius 3 is 2.28 bits per heavy atom. The zero-order valence-corrected chi connectivity index (χ0v) is 19.3. The molecular formula is C28H34N2O2. The molecule has 0 aromatic heterocycles. The topological polar surface area (TPSA) is 44.7 Å². The Balaban J connectivity index is 1.70. The van der Waals surface area contributed by atoms with E-state index in [1.807, 2.05) is 24.3 Å². The summed E-state index contributed by atoms with van der Waals surface area (Å²) < 4.78 is 6.37. The minimum atomic E-state index is -0.381. The molecule has 4 rings (SSSR count). The summed E-state index contributed by atoms with van der Waals surface area (Å²) in [7, 11) is 2.13. The van der Waals surface area contributed by atoms with Crippen LogP contribution in [0.25, 0.3) is 0 Å². The Hall–Kier alpha value is -2.82. The molecule has 2 N–H and O–H groups in total. The predicted octanol–water partition coefficient (Wildman–Crippen LogP) is 5.25. The molecule has 4 nitrogen and oxygen atoms in total. The van der Waals surface area contributed by atoms with Crippen molar-refractivity contribution in [2.24, 2.45) is 0 Å². The number of ether oxygens (including phenoxy) is 1. The highest BCUT2D eigenvalue weighted by molar-refractivity contribution is 5.67. The number of hydrogen-bond acceptors (Lipinski definition) is 4. The van der Waals surface area contributed by atoms with E-state index in [2.05, 4.69) is 79.6 Å². The first kappa shape index (κ1) is 22.4. The Morgan fingerprint density at radius 2 is 1.62 bits per heavy atom. The number of nitrogens with one attached hydrogen (secondary N) is 1. The van der Waals surface area contributed by atoms with Crippen molar-refractivity contribution in [1.82, 2.24) is 5.32 Å². The summed E-state index contributed by atoms with van der Waals surface area (Å²) in [6.45, 7) is 5.58. The van der Waals surface area contributed by atoms with Crippen LogP contribution >= 0.6 is 0 Å². The van der Waals surface area contributed by atoms with Crippen LogP contribution in [0.1, 0.15) is 48.6 Å². The molecule has 0 saturated carbocycles. The second kappa shape index (κ2) is 10.2. The first-order chi connectivity index (χ1) is 15.5. The molecule has 0 radical (unpaired) electrons. The number of aliphatic hydroxyl groups is 1. The molecule has 0 aliphatic heterocycles. The van der Waals surface area contributed by atoms with Gasteiger partial charge in [0.1, 0.15) is 12.4 Å². The van der Waals surface area contributed by atoms with E-state index in [4.69, 9.17) is 4.74 Å². The molecule has 0 spiro atoms. The summed E-state index contributed by atoms with van der Waals surface area (Å²) in [5, 5.41) is 14.3. The van der Waals surface area contributed by atoms with Gasteiger partial charge in [0.2, 0.25) is 0 Å². The fraction of sp³-hybridized carbons (Fsp3) is 0.357. The highest BCUT2D eigenvalue weighted by atomic mass is 16.5. The summed E-state index contributed by atoms with van der Waals surface area (Å²) in [5.41, 5.74) is 5.99. The molecule has 4 heteroatoms. The van der Waals surface area contributed by atoms with E-state index in [1.54, 1.807) is 0 Å². The van der Waals surface area contributed by atoms with E-state index in [0.717, 1.165) is 36.4 Å². The van der Waals surface area contributed by atoms with Crippen molar-refractivity contribution in [3.05, 3.63) is 95.1 Å². The lowest BCUT2D eigenvalue weighted by Gasteiger charge is -2.36. The van der Waals surface area contributed by atoms with Gasteiger partial charge in [0.05, 0.1) is 17.8 Å². The highest BCUT2D eigenvalue weighted by Gasteiger charge is 2.32. The molecular weight excluding hydrogens is 396 g/mol. The maximum atomic E-state index is 10.7. The van der Waals surface area contributed by atoms with Crippen LogP contribution in [0.5, 0.6) is 5.75 Å². The Labute approximate surface area is 191 Å². The molecule has 0 fully saturated rings. The van der Waals surface area contributed by atoms with E-state index in [0.29, 0.717) is 12.6 Å². The van der Waals surface area contributed by atoms with Gasteiger partial charge in [-0.15, -0.1) is 0 Å². The van der Waals surface area contributed by atoms with E-state index in [1.165, 1.54) is 16.7 Å². The van der Waals surface area contributed by atoms with E-state index < -0.39 is 0 Å². The number of fused-ring (bicyclic) bond motifs is 1. The molecule has 3 aromatic rings. The lowest BCUT2D eigenvalue weighted by atomic mass is 9.83. The number of benzene rings is 3. The molecule has 0 amide bonds. The molecule has 0 saturated heterocycles. The Bertz CT molecular complexity index is 1000. The molecule has 0 heterocycles.